The Morgan fingerprint density at radius 1 is 1.19 bits per heavy atom. The molecule has 1 N–H and O–H groups in total. The number of piperazine rings is 1. The van der Waals surface area contributed by atoms with Crippen LogP contribution >= 0.6 is 11.5 Å². The van der Waals surface area contributed by atoms with Crippen LogP contribution in [-0.4, -0.2) is 83.5 Å². The van der Waals surface area contributed by atoms with Crippen molar-refractivity contribution < 1.29 is 0 Å². The number of aryl methyl sites for hydroxylation is 1. The Morgan fingerprint density at radius 3 is 2.67 bits per heavy atom. The number of guanidine groups is 1. The smallest absolute Gasteiger partial charge is 0.205 e. The molecule has 0 bridgehead atoms. The van der Waals surface area contributed by atoms with Crippen LogP contribution in [0.2, 0.25) is 0 Å². The lowest BCUT2D eigenvalue weighted by molar-refractivity contribution is 0.165. The molecule has 2 aliphatic heterocycles. The molecule has 1 aromatic rings. The summed E-state index contributed by atoms with van der Waals surface area (Å²) in [6.07, 6.45) is 4.95. The molecule has 2 fully saturated rings. The van der Waals surface area contributed by atoms with E-state index in [2.05, 4.69) is 50.1 Å². The van der Waals surface area contributed by atoms with E-state index in [-0.39, 0.29) is 0 Å². The van der Waals surface area contributed by atoms with Crippen LogP contribution in [0.4, 0.5) is 5.13 Å². The monoisotopic (exact) mass is 393 g/mol. The van der Waals surface area contributed by atoms with E-state index < -0.39 is 0 Å². The Hall–Kier alpha value is -1.41. The van der Waals surface area contributed by atoms with Gasteiger partial charge in [-0.1, -0.05) is 13.3 Å². The van der Waals surface area contributed by atoms with E-state index in [0.717, 1.165) is 69.1 Å². The number of hydrogen-bond acceptors (Lipinski definition) is 6. The van der Waals surface area contributed by atoms with Crippen molar-refractivity contribution in [3.8, 4) is 0 Å². The molecule has 2 aliphatic rings. The van der Waals surface area contributed by atoms with Crippen molar-refractivity contribution in [3.05, 3.63) is 5.82 Å². The summed E-state index contributed by atoms with van der Waals surface area (Å²) in [5.41, 5.74) is 0. The van der Waals surface area contributed by atoms with Crippen molar-refractivity contribution in [1.82, 2.24) is 24.5 Å². The van der Waals surface area contributed by atoms with Crippen LogP contribution < -0.4 is 10.2 Å². The van der Waals surface area contributed by atoms with Crippen molar-refractivity contribution in [3.63, 3.8) is 0 Å². The molecule has 1 unspecified atom stereocenters. The van der Waals surface area contributed by atoms with Gasteiger partial charge < -0.3 is 15.1 Å². The number of piperidine rings is 1. The van der Waals surface area contributed by atoms with Gasteiger partial charge in [0.05, 0.1) is 6.54 Å². The molecule has 0 radical (unpaired) electrons. The normalized spacial score (nSPS) is 22.3. The molecule has 152 valence electrons. The van der Waals surface area contributed by atoms with Gasteiger partial charge in [0.2, 0.25) is 5.13 Å². The topological polar surface area (TPSA) is 59.9 Å². The molecule has 0 aliphatic carbocycles. The van der Waals surface area contributed by atoms with Crippen molar-refractivity contribution in [2.75, 3.05) is 57.3 Å². The summed E-state index contributed by atoms with van der Waals surface area (Å²) >= 11 is 1.53. The summed E-state index contributed by atoms with van der Waals surface area (Å²) in [6.45, 7) is 14.6. The quantitative estimate of drug-likeness (QED) is 0.590. The Morgan fingerprint density at radius 2 is 2.00 bits per heavy atom. The molecule has 3 heterocycles. The lowest BCUT2D eigenvalue weighted by Crippen LogP contribution is -2.52. The highest BCUT2D eigenvalue weighted by Crippen LogP contribution is 2.19. The number of nitrogens with one attached hydrogen (secondary N) is 1. The zero-order valence-electron chi connectivity index (χ0n) is 17.2. The van der Waals surface area contributed by atoms with Gasteiger partial charge in [-0.2, -0.15) is 4.37 Å². The summed E-state index contributed by atoms with van der Waals surface area (Å²) < 4.78 is 4.42. The van der Waals surface area contributed by atoms with Crippen LogP contribution in [0.25, 0.3) is 0 Å². The molecule has 7 nitrogen and oxygen atoms in total. The van der Waals surface area contributed by atoms with Crippen molar-refractivity contribution in [2.24, 2.45) is 4.99 Å². The van der Waals surface area contributed by atoms with E-state index in [4.69, 9.17) is 4.99 Å². The summed E-state index contributed by atoms with van der Waals surface area (Å²) in [5.74, 6) is 2.02. The summed E-state index contributed by atoms with van der Waals surface area (Å²) in [7, 11) is 0. The van der Waals surface area contributed by atoms with E-state index in [0.29, 0.717) is 6.04 Å². The average molecular weight is 394 g/mol. The van der Waals surface area contributed by atoms with Gasteiger partial charge in [-0.05, 0) is 33.2 Å². The van der Waals surface area contributed by atoms with Gasteiger partial charge in [0.25, 0.3) is 0 Å². The molecule has 3 rings (SSSR count). The maximum Gasteiger partial charge on any atom is 0.205 e. The molecule has 1 atom stereocenters. The molecule has 1 aromatic heterocycles. The van der Waals surface area contributed by atoms with Gasteiger partial charge in [-0.15, -0.1) is 0 Å². The third kappa shape index (κ3) is 5.54. The number of hydrogen-bond donors (Lipinski definition) is 1. The minimum Gasteiger partial charge on any atom is -0.357 e. The highest BCUT2D eigenvalue weighted by Gasteiger charge is 2.22. The first-order valence-corrected chi connectivity index (χ1v) is 11.3. The summed E-state index contributed by atoms with van der Waals surface area (Å²) in [6, 6.07) is 0.708. The summed E-state index contributed by atoms with van der Waals surface area (Å²) in [4.78, 5) is 16.9. The molecule has 27 heavy (non-hydrogen) atoms. The fourth-order valence-corrected chi connectivity index (χ4v) is 4.63. The van der Waals surface area contributed by atoms with E-state index in [1.54, 1.807) is 0 Å². The first kappa shape index (κ1) is 20.3. The third-order valence-electron chi connectivity index (χ3n) is 5.55. The minimum atomic E-state index is 0.708. The fourth-order valence-electron chi connectivity index (χ4n) is 3.83. The van der Waals surface area contributed by atoms with Crippen LogP contribution in [0.1, 0.15) is 45.9 Å². The molecule has 0 saturated carbocycles. The minimum absolute atomic E-state index is 0.708. The number of nitrogens with zero attached hydrogens (tertiary/aromatic N) is 6. The number of aliphatic imine (C=N–C) groups is 1. The zero-order chi connectivity index (χ0) is 19.1. The highest BCUT2D eigenvalue weighted by molar-refractivity contribution is 7.09. The molecular formula is C19H35N7S. The second-order valence-electron chi connectivity index (χ2n) is 7.44. The summed E-state index contributed by atoms with van der Waals surface area (Å²) in [5, 5.41) is 4.55. The predicted molar refractivity (Wildman–Crippen MR) is 114 cm³/mol. The van der Waals surface area contributed by atoms with Crippen LogP contribution in [0.3, 0.4) is 0 Å². The molecule has 2 saturated heterocycles. The van der Waals surface area contributed by atoms with E-state index in [1.165, 1.54) is 37.3 Å². The van der Waals surface area contributed by atoms with E-state index >= 15 is 0 Å². The third-order valence-corrected chi connectivity index (χ3v) is 6.36. The van der Waals surface area contributed by atoms with Gasteiger partial charge in [0.15, 0.2) is 5.96 Å². The Bertz CT molecular complexity index is 595. The van der Waals surface area contributed by atoms with Crippen molar-refractivity contribution >= 4 is 22.6 Å². The Balaban J connectivity index is 1.51. The Labute approximate surface area is 168 Å². The molecule has 8 heteroatoms. The maximum atomic E-state index is 4.93. The number of likely N-dealkylation sites (tertiary alicyclic amines) is 1. The van der Waals surface area contributed by atoms with Gasteiger partial charge >= 0.3 is 0 Å². The van der Waals surface area contributed by atoms with Crippen LogP contribution in [0.5, 0.6) is 0 Å². The lowest BCUT2D eigenvalue weighted by atomic mass is 10.0. The zero-order valence-corrected chi connectivity index (χ0v) is 18.0. The van der Waals surface area contributed by atoms with Gasteiger partial charge in [0.1, 0.15) is 5.82 Å². The van der Waals surface area contributed by atoms with E-state index in [9.17, 15) is 0 Å². The van der Waals surface area contributed by atoms with Crippen LogP contribution in [0.15, 0.2) is 4.99 Å². The van der Waals surface area contributed by atoms with Crippen molar-refractivity contribution in [2.45, 2.75) is 52.5 Å². The highest BCUT2D eigenvalue weighted by atomic mass is 32.1. The average Bonchev–Trinajstić information content (AvgIpc) is 3.18. The molecule has 0 amide bonds. The standard InChI is InChI=1S/C19H35N7S/c1-4-17-22-19(27-23-17)26-14-12-25(13-15-26)18(20-5-2)21-9-11-24-10-7-6-8-16(24)3/h16H,4-15H2,1-3H3,(H,20,21). The number of aromatic nitrogens is 2. The first-order chi connectivity index (χ1) is 13.2. The Kier molecular flexibility index (Phi) is 7.70. The second kappa shape index (κ2) is 10.2. The number of rotatable bonds is 6. The van der Waals surface area contributed by atoms with Gasteiger partial charge in [0, 0.05) is 63.3 Å². The van der Waals surface area contributed by atoms with Crippen molar-refractivity contribution in [1.29, 1.82) is 0 Å². The predicted octanol–water partition coefficient (Wildman–Crippen LogP) is 2.06. The van der Waals surface area contributed by atoms with Gasteiger partial charge in [-0.25, -0.2) is 4.98 Å². The first-order valence-electron chi connectivity index (χ1n) is 10.6. The van der Waals surface area contributed by atoms with Gasteiger partial charge in [-0.3, -0.25) is 9.89 Å². The van der Waals surface area contributed by atoms with Crippen LogP contribution in [0, 0.1) is 0 Å². The van der Waals surface area contributed by atoms with E-state index in [1.807, 2.05) is 0 Å². The maximum absolute atomic E-state index is 4.93. The largest absolute Gasteiger partial charge is 0.357 e. The number of anilines is 1. The lowest BCUT2D eigenvalue weighted by Gasteiger charge is -2.36. The molecular weight excluding hydrogens is 358 g/mol. The molecule has 0 aromatic carbocycles. The van der Waals surface area contributed by atoms with Crippen LogP contribution in [-0.2, 0) is 6.42 Å². The molecule has 0 spiro atoms. The second-order valence-corrected chi connectivity index (χ2v) is 8.17. The SMILES string of the molecule is CCNC(=NCCN1CCCCC1C)N1CCN(c2nc(CC)ns2)CC1. The fraction of sp³-hybridized carbons (Fsp3) is 0.842.